The summed E-state index contributed by atoms with van der Waals surface area (Å²) in [5.74, 6) is 1.74. The zero-order valence-electron chi connectivity index (χ0n) is 19.2. The fourth-order valence-electron chi connectivity index (χ4n) is 4.34. The highest BCUT2D eigenvalue weighted by Gasteiger charge is 2.14. The molecule has 1 saturated carbocycles. The number of nitrogens with zero attached hydrogens (tertiary/aromatic N) is 1. The van der Waals surface area contributed by atoms with E-state index >= 15 is 0 Å². The van der Waals surface area contributed by atoms with Gasteiger partial charge in [0.15, 0.2) is 0 Å². The molecule has 0 saturated heterocycles. The Balaban J connectivity index is 1.67. The molecule has 3 rings (SSSR count). The Bertz CT molecular complexity index is 802. The smallest absolute Gasteiger partial charge is 0.143 e. The molecule has 0 aliphatic heterocycles. The molecule has 0 amide bonds. The first-order valence-corrected chi connectivity index (χ1v) is 12.4. The number of nitrogens with one attached hydrogen (secondary N) is 1. The summed E-state index contributed by atoms with van der Waals surface area (Å²) in [4.78, 5) is 4.96. The van der Waals surface area contributed by atoms with Crippen LogP contribution in [0.25, 0.3) is 0 Å². The molecule has 4 heteroatoms. The van der Waals surface area contributed by atoms with Crippen molar-refractivity contribution in [2.75, 3.05) is 37.0 Å². The molecule has 1 fully saturated rings. The largest absolute Gasteiger partial charge is 0.495 e. The monoisotopic (exact) mass is 426 g/mol. The van der Waals surface area contributed by atoms with Crippen LogP contribution in [0.5, 0.6) is 5.75 Å². The van der Waals surface area contributed by atoms with Gasteiger partial charge in [0, 0.05) is 35.1 Å². The van der Waals surface area contributed by atoms with E-state index in [4.69, 9.17) is 4.74 Å². The van der Waals surface area contributed by atoms with Crippen molar-refractivity contribution in [1.82, 2.24) is 0 Å². The Morgan fingerprint density at radius 3 is 2.53 bits per heavy atom. The minimum atomic E-state index is 0.800. The van der Waals surface area contributed by atoms with Gasteiger partial charge in [0.05, 0.1) is 12.8 Å². The molecule has 2 aromatic rings. The molecule has 0 heterocycles. The van der Waals surface area contributed by atoms with Gasteiger partial charge in [-0.05, 0) is 81.0 Å². The van der Waals surface area contributed by atoms with E-state index in [1.54, 1.807) is 7.11 Å². The van der Waals surface area contributed by atoms with Crippen molar-refractivity contribution in [2.24, 2.45) is 5.92 Å². The summed E-state index contributed by atoms with van der Waals surface area (Å²) in [6, 6.07) is 13.4. The molecule has 1 N–H and O–H groups in total. The van der Waals surface area contributed by atoms with E-state index in [0.717, 1.165) is 37.0 Å². The summed E-state index contributed by atoms with van der Waals surface area (Å²) in [6.07, 6.45) is 8.04. The van der Waals surface area contributed by atoms with Gasteiger partial charge in [0.2, 0.25) is 0 Å². The zero-order chi connectivity index (χ0) is 21.3. The van der Waals surface area contributed by atoms with E-state index < -0.39 is 0 Å². The van der Waals surface area contributed by atoms with E-state index in [-0.39, 0.29) is 0 Å². The van der Waals surface area contributed by atoms with Crippen LogP contribution in [-0.4, -0.2) is 26.7 Å². The summed E-state index contributed by atoms with van der Waals surface area (Å²) >= 11 is 1.81. The van der Waals surface area contributed by atoms with Gasteiger partial charge in [-0.25, -0.2) is 0 Å². The maximum absolute atomic E-state index is 5.70. The molecule has 0 atom stereocenters. The van der Waals surface area contributed by atoms with Crippen LogP contribution in [0, 0.1) is 12.8 Å². The number of anilines is 2. The topological polar surface area (TPSA) is 24.5 Å². The number of hydrogen-bond acceptors (Lipinski definition) is 4. The second-order valence-electron chi connectivity index (χ2n) is 8.38. The van der Waals surface area contributed by atoms with Crippen LogP contribution in [0.1, 0.15) is 57.9 Å². The van der Waals surface area contributed by atoms with Crippen molar-refractivity contribution in [3.05, 3.63) is 42.0 Å². The standard InChI is InChI=1S/C26H38N2OS/c1-5-16-28(6-2)22-12-15-26(20(3)17-22)30-23-13-14-24(25(18-23)29-4)27-19-21-10-8-7-9-11-21/h12-15,17-18,21,27H,5-11,16,19H2,1-4H3. The van der Waals surface area contributed by atoms with E-state index in [1.807, 2.05) is 11.8 Å². The summed E-state index contributed by atoms with van der Waals surface area (Å²) in [5, 5.41) is 3.63. The molecule has 164 valence electrons. The third kappa shape index (κ3) is 6.10. The molecule has 1 aliphatic rings. The van der Waals surface area contributed by atoms with Crippen LogP contribution < -0.4 is 15.0 Å². The lowest BCUT2D eigenvalue weighted by Gasteiger charge is -2.23. The van der Waals surface area contributed by atoms with E-state index in [0.29, 0.717) is 0 Å². The molecular weight excluding hydrogens is 388 g/mol. The van der Waals surface area contributed by atoms with Gasteiger partial charge in [0.1, 0.15) is 5.75 Å². The summed E-state index contributed by atoms with van der Waals surface area (Å²) < 4.78 is 5.70. The van der Waals surface area contributed by atoms with Gasteiger partial charge in [-0.15, -0.1) is 0 Å². The third-order valence-electron chi connectivity index (χ3n) is 6.11. The molecule has 0 unspecified atom stereocenters. The molecule has 3 nitrogen and oxygen atoms in total. The molecule has 0 spiro atoms. The first-order valence-electron chi connectivity index (χ1n) is 11.6. The lowest BCUT2D eigenvalue weighted by molar-refractivity contribution is 0.372. The van der Waals surface area contributed by atoms with E-state index in [9.17, 15) is 0 Å². The Hall–Kier alpha value is -1.81. The maximum Gasteiger partial charge on any atom is 0.143 e. The Morgan fingerprint density at radius 1 is 1.07 bits per heavy atom. The van der Waals surface area contributed by atoms with Gasteiger partial charge in [-0.1, -0.05) is 37.9 Å². The van der Waals surface area contributed by atoms with Crippen molar-refractivity contribution in [2.45, 2.75) is 69.1 Å². The predicted octanol–water partition coefficient (Wildman–Crippen LogP) is 7.38. The Morgan fingerprint density at radius 2 is 1.87 bits per heavy atom. The molecule has 2 aromatic carbocycles. The summed E-state index contributed by atoms with van der Waals surface area (Å²) in [5.41, 5.74) is 3.75. The Labute approximate surface area is 187 Å². The van der Waals surface area contributed by atoms with Crippen molar-refractivity contribution in [1.29, 1.82) is 0 Å². The first kappa shape index (κ1) is 22.9. The second kappa shape index (κ2) is 11.5. The number of methoxy groups -OCH3 is 1. The summed E-state index contributed by atoms with van der Waals surface area (Å²) in [7, 11) is 1.77. The van der Waals surface area contributed by atoms with Crippen molar-refractivity contribution in [3.63, 3.8) is 0 Å². The number of aryl methyl sites for hydroxylation is 1. The fourth-order valence-corrected chi connectivity index (χ4v) is 5.25. The van der Waals surface area contributed by atoms with E-state index in [2.05, 4.69) is 67.4 Å². The minimum absolute atomic E-state index is 0.800. The number of ether oxygens (including phenoxy) is 1. The van der Waals surface area contributed by atoms with Gasteiger partial charge >= 0.3 is 0 Å². The van der Waals surface area contributed by atoms with Crippen molar-refractivity contribution < 1.29 is 4.74 Å². The van der Waals surface area contributed by atoms with Gasteiger partial charge in [-0.2, -0.15) is 0 Å². The van der Waals surface area contributed by atoms with Gasteiger partial charge in [0.25, 0.3) is 0 Å². The number of hydrogen-bond donors (Lipinski definition) is 1. The fraction of sp³-hybridized carbons (Fsp3) is 0.538. The minimum Gasteiger partial charge on any atom is -0.495 e. The first-order chi connectivity index (χ1) is 14.6. The van der Waals surface area contributed by atoms with Crippen molar-refractivity contribution in [3.8, 4) is 5.75 Å². The lowest BCUT2D eigenvalue weighted by Crippen LogP contribution is -2.23. The molecule has 1 aliphatic carbocycles. The highest BCUT2D eigenvalue weighted by Crippen LogP contribution is 2.37. The van der Waals surface area contributed by atoms with Gasteiger partial charge < -0.3 is 15.0 Å². The number of benzene rings is 2. The SMILES string of the molecule is CCCN(CC)c1ccc(Sc2ccc(NCC3CCCCC3)c(OC)c2)c(C)c1. The highest BCUT2D eigenvalue weighted by atomic mass is 32.2. The van der Waals surface area contributed by atoms with Crippen LogP contribution >= 0.6 is 11.8 Å². The Kier molecular flexibility index (Phi) is 8.80. The zero-order valence-corrected chi connectivity index (χ0v) is 20.0. The second-order valence-corrected chi connectivity index (χ2v) is 9.49. The molecule has 0 radical (unpaired) electrons. The van der Waals surface area contributed by atoms with Crippen LogP contribution in [0.15, 0.2) is 46.2 Å². The third-order valence-corrected chi connectivity index (χ3v) is 7.27. The van der Waals surface area contributed by atoms with Gasteiger partial charge in [-0.3, -0.25) is 0 Å². The molecule has 0 bridgehead atoms. The quantitative estimate of drug-likeness (QED) is 0.428. The molecule has 30 heavy (non-hydrogen) atoms. The predicted molar refractivity (Wildman–Crippen MR) is 132 cm³/mol. The van der Waals surface area contributed by atoms with Crippen LogP contribution in [0.3, 0.4) is 0 Å². The van der Waals surface area contributed by atoms with Crippen molar-refractivity contribution >= 4 is 23.1 Å². The normalized spacial score (nSPS) is 14.5. The van der Waals surface area contributed by atoms with Crippen LogP contribution in [-0.2, 0) is 0 Å². The molecule has 0 aromatic heterocycles. The average molecular weight is 427 g/mol. The van der Waals surface area contributed by atoms with Crippen LogP contribution in [0.2, 0.25) is 0 Å². The number of rotatable bonds is 10. The van der Waals surface area contributed by atoms with Crippen LogP contribution in [0.4, 0.5) is 11.4 Å². The summed E-state index contributed by atoms with van der Waals surface area (Å²) in [6.45, 7) is 9.88. The highest BCUT2D eigenvalue weighted by molar-refractivity contribution is 7.99. The van der Waals surface area contributed by atoms with E-state index in [1.165, 1.54) is 59.6 Å². The average Bonchev–Trinajstić information content (AvgIpc) is 2.78. The maximum atomic E-state index is 5.70. The lowest BCUT2D eigenvalue weighted by atomic mass is 9.89. The molecular formula is C26H38N2OS.